The minimum absolute atomic E-state index is 0.0523. The number of hydrogen-bond donors (Lipinski definition) is 7. The third-order valence-corrected chi connectivity index (χ3v) is 6.71. The normalized spacial score (nSPS) is 14.1. The van der Waals surface area contributed by atoms with Gasteiger partial charge in [-0.3, -0.25) is 19.2 Å². The first kappa shape index (κ1) is 29.2. The third kappa shape index (κ3) is 8.05. The first-order valence-electron chi connectivity index (χ1n) is 12.8. The smallest absolute Gasteiger partial charge is 0.322 e. The van der Waals surface area contributed by atoms with E-state index in [2.05, 4.69) is 20.9 Å². The molecule has 0 saturated carbocycles. The van der Waals surface area contributed by atoms with Crippen LogP contribution in [0.3, 0.4) is 0 Å². The Morgan fingerprint density at radius 1 is 0.923 bits per heavy atom. The van der Waals surface area contributed by atoms with E-state index in [1.807, 2.05) is 38.1 Å². The van der Waals surface area contributed by atoms with Gasteiger partial charge in [-0.05, 0) is 35.2 Å². The van der Waals surface area contributed by atoms with Crippen LogP contribution in [0.4, 0.5) is 0 Å². The fourth-order valence-electron chi connectivity index (χ4n) is 4.15. The number of carboxylic acids is 1. The minimum atomic E-state index is -1.22. The van der Waals surface area contributed by atoms with E-state index in [4.69, 9.17) is 10.8 Å². The van der Waals surface area contributed by atoms with Crippen LogP contribution >= 0.6 is 0 Å². The van der Waals surface area contributed by atoms with Crippen molar-refractivity contribution in [2.75, 3.05) is 6.54 Å². The Labute approximate surface area is 226 Å². The van der Waals surface area contributed by atoms with Gasteiger partial charge in [0.1, 0.15) is 24.4 Å². The summed E-state index contributed by atoms with van der Waals surface area (Å²) in [5.74, 6) is -3.12. The van der Waals surface area contributed by atoms with Crippen molar-refractivity contribution in [3.8, 4) is 5.75 Å². The first-order valence-corrected chi connectivity index (χ1v) is 12.8. The lowest BCUT2D eigenvalue weighted by atomic mass is 9.98. The number of hydrogen-bond acceptors (Lipinski definition) is 6. The van der Waals surface area contributed by atoms with Crippen molar-refractivity contribution < 1.29 is 29.4 Å². The minimum Gasteiger partial charge on any atom is -0.508 e. The second-order valence-electron chi connectivity index (χ2n) is 9.58. The molecule has 4 unspecified atom stereocenters. The van der Waals surface area contributed by atoms with Crippen molar-refractivity contribution in [2.24, 2.45) is 11.7 Å². The molecule has 0 aliphatic heterocycles. The van der Waals surface area contributed by atoms with E-state index in [0.717, 1.165) is 16.5 Å². The highest BCUT2D eigenvalue weighted by Gasteiger charge is 2.30. The van der Waals surface area contributed by atoms with E-state index in [0.29, 0.717) is 12.0 Å². The SMILES string of the molecule is CCC(C)C(N)C(=O)NC(Cc1ccc(O)cc1)C(=O)NC(Cc1c[nH]c2ccccc12)C(=O)NCC(=O)O. The molecule has 2 aromatic carbocycles. The molecule has 3 amide bonds. The summed E-state index contributed by atoms with van der Waals surface area (Å²) in [6.45, 7) is 3.13. The molecule has 1 aromatic heterocycles. The average Bonchev–Trinajstić information content (AvgIpc) is 3.33. The summed E-state index contributed by atoms with van der Waals surface area (Å²) < 4.78 is 0. The number of aliphatic carboxylic acids is 1. The lowest BCUT2D eigenvalue weighted by Gasteiger charge is -2.25. The van der Waals surface area contributed by atoms with Crippen LogP contribution in [0.1, 0.15) is 31.4 Å². The number of carbonyl (C=O) groups is 4. The number of amides is 3. The van der Waals surface area contributed by atoms with Crippen LogP contribution in [0.5, 0.6) is 5.75 Å². The predicted octanol–water partition coefficient (Wildman–Crippen LogP) is 1.20. The Morgan fingerprint density at radius 2 is 1.56 bits per heavy atom. The van der Waals surface area contributed by atoms with Crippen molar-refractivity contribution in [2.45, 2.75) is 51.2 Å². The van der Waals surface area contributed by atoms with E-state index < -0.39 is 48.4 Å². The molecule has 0 aliphatic rings. The van der Waals surface area contributed by atoms with Gasteiger partial charge in [0.05, 0.1) is 6.04 Å². The monoisotopic (exact) mass is 537 g/mol. The van der Waals surface area contributed by atoms with E-state index in [1.165, 1.54) is 12.1 Å². The highest BCUT2D eigenvalue weighted by molar-refractivity contribution is 5.94. The topological polar surface area (TPSA) is 187 Å². The summed E-state index contributed by atoms with van der Waals surface area (Å²) in [5.41, 5.74) is 8.35. The number of phenols is 1. The molecule has 208 valence electrons. The summed E-state index contributed by atoms with van der Waals surface area (Å²) >= 11 is 0. The number of aromatic nitrogens is 1. The highest BCUT2D eigenvalue weighted by Crippen LogP contribution is 2.19. The summed E-state index contributed by atoms with van der Waals surface area (Å²) in [6, 6.07) is 10.6. The lowest BCUT2D eigenvalue weighted by Crippen LogP contribution is -2.57. The van der Waals surface area contributed by atoms with Gasteiger partial charge in [-0.15, -0.1) is 0 Å². The number of fused-ring (bicyclic) bond motifs is 1. The fraction of sp³-hybridized carbons (Fsp3) is 0.357. The number of aromatic hydroxyl groups is 1. The van der Waals surface area contributed by atoms with Gasteiger partial charge in [-0.1, -0.05) is 50.6 Å². The molecule has 3 rings (SSSR count). The van der Waals surface area contributed by atoms with Crippen LogP contribution in [-0.2, 0) is 32.0 Å². The van der Waals surface area contributed by atoms with Crippen molar-refractivity contribution in [1.82, 2.24) is 20.9 Å². The van der Waals surface area contributed by atoms with Crippen molar-refractivity contribution in [3.05, 3.63) is 65.9 Å². The maximum absolute atomic E-state index is 13.5. The quantitative estimate of drug-likeness (QED) is 0.171. The Kier molecular flexibility index (Phi) is 10.0. The number of rotatable bonds is 13. The molecule has 3 aromatic rings. The maximum Gasteiger partial charge on any atom is 0.322 e. The largest absolute Gasteiger partial charge is 0.508 e. The van der Waals surface area contributed by atoms with Crippen molar-refractivity contribution in [3.63, 3.8) is 0 Å². The molecule has 39 heavy (non-hydrogen) atoms. The van der Waals surface area contributed by atoms with Crippen LogP contribution < -0.4 is 21.7 Å². The molecule has 11 heteroatoms. The van der Waals surface area contributed by atoms with Gasteiger partial charge in [-0.2, -0.15) is 0 Å². The third-order valence-electron chi connectivity index (χ3n) is 6.71. The second-order valence-corrected chi connectivity index (χ2v) is 9.58. The van der Waals surface area contributed by atoms with E-state index >= 15 is 0 Å². The summed E-state index contributed by atoms with van der Waals surface area (Å²) in [5, 5.41) is 27.2. The van der Waals surface area contributed by atoms with E-state index in [1.54, 1.807) is 18.3 Å². The predicted molar refractivity (Wildman–Crippen MR) is 146 cm³/mol. The fourth-order valence-corrected chi connectivity index (χ4v) is 4.15. The Bertz CT molecular complexity index is 1310. The molecule has 0 fully saturated rings. The summed E-state index contributed by atoms with van der Waals surface area (Å²) in [4.78, 5) is 53.6. The highest BCUT2D eigenvalue weighted by atomic mass is 16.4. The number of carbonyl (C=O) groups excluding carboxylic acids is 3. The molecular weight excluding hydrogens is 502 g/mol. The first-order chi connectivity index (χ1) is 18.6. The molecule has 4 atom stereocenters. The van der Waals surface area contributed by atoms with Crippen molar-refractivity contribution in [1.29, 1.82) is 0 Å². The molecule has 0 aliphatic carbocycles. The van der Waals surface area contributed by atoms with Gasteiger partial charge in [0, 0.05) is 29.9 Å². The van der Waals surface area contributed by atoms with Crippen molar-refractivity contribution >= 4 is 34.6 Å². The number of nitrogens with two attached hydrogens (primary N) is 1. The number of phenolic OH excluding ortho intramolecular Hbond substituents is 1. The number of nitrogens with one attached hydrogen (secondary N) is 4. The molecule has 0 bridgehead atoms. The molecule has 1 heterocycles. The van der Waals surface area contributed by atoms with Gasteiger partial charge in [0.2, 0.25) is 17.7 Å². The lowest BCUT2D eigenvalue weighted by molar-refractivity contribution is -0.138. The van der Waals surface area contributed by atoms with Crippen LogP contribution in [-0.4, -0.2) is 63.6 Å². The molecule has 11 nitrogen and oxygen atoms in total. The second kappa shape index (κ2) is 13.4. The van der Waals surface area contributed by atoms with Gasteiger partial charge in [0.15, 0.2) is 0 Å². The zero-order valence-corrected chi connectivity index (χ0v) is 21.9. The maximum atomic E-state index is 13.5. The summed E-state index contributed by atoms with van der Waals surface area (Å²) in [6.07, 6.45) is 2.55. The number of benzene rings is 2. The van der Waals surface area contributed by atoms with Crippen LogP contribution in [0, 0.1) is 5.92 Å². The molecule has 8 N–H and O–H groups in total. The van der Waals surface area contributed by atoms with Crippen LogP contribution in [0.25, 0.3) is 10.9 Å². The van der Waals surface area contributed by atoms with Gasteiger partial charge in [0.25, 0.3) is 0 Å². The molecule has 0 spiro atoms. The Hall–Kier alpha value is -4.38. The van der Waals surface area contributed by atoms with Gasteiger partial charge in [-0.25, -0.2) is 0 Å². The number of H-pyrrole nitrogens is 1. The number of carboxylic acid groups (broad SMARTS) is 1. The standard InChI is InChI=1S/C28H35N5O6/c1-3-16(2)25(29)28(39)33-22(12-17-8-10-19(34)11-9-17)27(38)32-23(26(37)31-15-24(35)36)13-18-14-30-21-7-5-4-6-20(18)21/h4-11,14,16,22-23,25,30,34H,3,12-13,15,29H2,1-2H3,(H,31,37)(H,32,38)(H,33,39)(H,35,36). The molecular formula is C28H35N5O6. The number of aromatic amines is 1. The Balaban J connectivity index is 1.86. The zero-order valence-electron chi connectivity index (χ0n) is 21.9. The van der Waals surface area contributed by atoms with Gasteiger partial charge >= 0.3 is 5.97 Å². The summed E-state index contributed by atoms with van der Waals surface area (Å²) in [7, 11) is 0. The van der Waals surface area contributed by atoms with Crippen LogP contribution in [0.15, 0.2) is 54.7 Å². The van der Waals surface area contributed by atoms with Gasteiger partial charge < -0.3 is 36.9 Å². The molecule has 0 radical (unpaired) electrons. The Morgan fingerprint density at radius 3 is 2.23 bits per heavy atom. The van der Waals surface area contributed by atoms with E-state index in [-0.39, 0.29) is 24.5 Å². The van der Waals surface area contributed by atoms with Crippen LogP contribution in [0.2, 0.25) is 0 Å². The number of para-hydroxylation sites is 1. The molecule has 0 saturated heterocycles. The average molecular weight is 538 g/mol. The van der Waals surface area contributed by atoms with E-state index in [9.17, 15) is 24.3 Å². The zero-order chi connectivity index (χ0) is 28.5.